The van der Waals surface area contributed by atoms with Crippen LogP contribution in [0.5, 0.6) is 5.75 Å². The molecule has 0 atom stereocenters. The van der Waals surface area contributed by atoms with Gasteiger partial charge in [0.25, 0.3) is 5.91 Å². The molecular weight excluding hydrogens is 494 g/mol. The number of carbonyl (C=O) groups excluding carboxylic acids is 1. The molecule has 0 aliphatic rings. The molecule has 0 fully saturated rings. The summed E-state index contributed by atoms with van der Waals surface area (Å²) in [5, 5.41) is 13.7. The summed E-state index contributed by atoms with van der Waals surface area (Å²) in [5.41, 5.74) is 4.95. The van der Waals surface area contributed by atoms with Gasteiger partial charge in [0.1, 0.15) is 5.75 Å². The van der Waals surface area contributed by atoms with E-state index in [0.717, 1.165) is 15.6 Å². The van der Waals surface area contributed by atoms with E-state index >= 15 is 0 Å². The highest BCUT2D eigenvalue weighted by Gasteiger charge is 2.20. The van der Waals surface area contributed by atoms with E-state index in [1.54, 1.807) is 60.7 Å². The number of hydrogen-bond acceptors (Lipinski definition) is 5. The van der Waals surface area contributed by atoms with Gasteiger partial charge in [-0.15, -0.1) is 0 Å². The fourth-order valence-electron chi connectivity index (χ4n) is 2.85. The molecular formula is C23H22BrN3O4S. The fourth-order valence-corrected chi connectivity index (χ4v) is 4.39. The van der Waals surface area contributed by atoms with E-state index in [1.165, 1.54) is 23.6 Å². The molecule has 3 aromatic carbocycles. The summed E-state index contributed by atoms with van der Waals surface area (Å²) in [4.78, 5) is 12.5. The Morgan fingerprint density at radius 1 is 1.09 bits per heavy atom. The standard InChI is InChI=1S/C23H22BrN3O4S/c1-16-3-10-21(11-4-16)32(30,31)27(2)15-17-5-7-18(8-6-17)23(29)26-25-14-19-13-20(24)9-12-22(19)28/h3-14,28H,15H2,1-2H3,(H,26,29)/b25-14+. The largest absolute Gasteiger partial charge is 0.507 e. The lowest BCUT2D eigenvalue weighted by Crippen LogP contribution is -2.26. The van der Waals surface area contributed by atoms with E-state index in [4.69, 9.17) is 0 Å². The quantitative estimate of drug-likeness (QED) is 0.366. The molecule has 0 aliphatic carbocycles. The van der Waals surface area contributed by atoms with Crippen LogP contribution >= 0.6 is 15.9 Å². The predicted molar refractivity (Wildman–Crippen MR) is 127 cm³/mol. The first kappa shape index (κ1) is 23.6. The van der Waals surface area contributed by atoms with Gasteiger partial charge in [-0.05, 0) is 55.0 Å². The number of phenolic OH excluding ortho intramolecular Hbond substituents is 1. The predicted octanol–water partition coefficient (Wildman–Crippen LogP) is 4.05. The molecule has 9 heteroatoms. The highest BCUT2D eigenvalue weighted by atomic mass is 79.9. The highest BCUT2D eigenvalue weighted by molar-refractivity contribution is 9.10. The Balaban J connectivity index is 1.62. The van der Waals surface area contributed by atoms with Crippen LogP contribution in [-0.2, 0) is 16.6 Å². The zero-order valence-corrected chi connectivity index (χ0v) is 19.9. The molecule has 3 rings (SSSR count). The van der Waals surface area contributed by atoms with Gasteiger partial charge in [-0.25, -0.2) is 13.8 Å². The summed E-state index contributed by atoms with van der Waals surface area (Å²) in [6.45, 7) is 2.06. The van der Waals surface area contributed by atoms with Gasteiger partial charge in [0.2, 0.25) is 10.0 Å². The van der Waals surface area contributed by atoms with E-state index < -0.39 is 15.9 Å². The summed E-state index contributed by atoms with van der Waals surface area (Å²) in [6, 6.07) is 18.2. The summed E-state index contributed by atoms with van der Waals surface area (Å²) >= 11 is 3.30. The maximum absolute atomic E-state index is 12.7. The molecule has 1 amide bonds. The first-order valence-corrected chi connectivity index (χ1v) is 11.8. The van der Waals surface area contributed by atoms with Gasteiger partial charge in [-0.1, -0.05) is 45.8 Å². The first-order valence-electron chi connectivity index (χ1n) is 9.60. The van der Waals surface area contributed by atoms with E-state index in [-0.39, 0.29) is 17.2 Å². The van der Waals surface area contributed by atoms with Crippen LogP contribution in [0.2, 0.25) is 0 Å². The zero-order chi connectivity index (χ0) is 23.3. The number of aromatic hydroxyl groups is 1. The van der Waals surface area contributed by atoms with Crippen LogP contribution in [0.15, 0.2) is 81.2 Å². The molecule has 0 unspecified atom stereocenters. The summed E-state index contributed by atoms with van der Waals surface area (Å²) < 4.78 is 27.5. The van der Waals surface area contributed by atoms with Crippen LogP contribution in [0.3, 0.4) is 0 Å². The van der Waals surface area contributed by atoms with Crippen LogP contribution < -0.4 is 5.43 Å². The maximum atomic E-state index is 12.7. The SMILES string of the molecule is Cc1ccc(S(=O)(=O)N(C)Cc2ccc(C(=O)N/N=C/c3cc(Br)ccc3O)cc2)cc1. The van der Waals surface area contributed by atoms with Gasteiger partial charge in [-0.2, -0.15) is 9.41 Å². The minimum Gasteiger partial charge on any atom is -0.507 e. The molecule has 7 nitrogen and oxygen atoms in total. The molecule has 0 bridgehead atoms. The number of aryl methyl sites for hydroxylation is 1. The van der Waals surface area contributed by atoms with Crippen molar-refractivity contribution < 1.29 is 18.3 Å². The molecule has 166 valence electrons. The van der Waals surface area contributed by atoms with Crippen molar-refractivity contribution in [1.29, 1.82) is 0 Å². The van der Waals surface area contributed by atoms with Crippen molar-refractivity contribution in [1.82, 2.24) is 9.73 Å². The number of hydrazone groups is 1. The number of nitrogens with zero attached hydrogens (tertiary/aromatic N) is 2. The molecule has 0 aliphatic heterocycles. The molecule has 0 radical (unpaired) electrons. The van der Waals surface area contributed by atoms with Crippen molar-refractivity contribution >= 4 is 38.1 Å². The van der Waals surface area contributed by atoms with Crippen LogP contribution in [-0.4, -0.2) is 37.0 Å². The Hall–Kier alpha value is -3.01. The number of benzene rings is 3. The third-order valence-corrected chi connectivity index (χ3v) is 7.02. The molecule has 0 saturated heterocycles. The lowest BCUT2D eigenvalue weighted by molar-refractivity contribution is 0.0955. The molecule has 2 N–H and O–H groups in total. The Morgan fingerprint density at radius 3 is 2.41 bits per heavy atom. The third-order valence-electron chi connectivity index (χ3n) is 4.71. The summed E-state index contributed by atoms with van der Waals surface area (Å²) in [5.74, 6) is -0.386. The Kier molecular flexibility index (Phi) is 7.44. The van der Waals surface area contributed by atoms with Gasteiger partial charge >= 0.3 is 0 Å². The molecule has 0 spiro atoms. The molecule has 0 saturated carbocycles. The van der Waals surface area contributed by atoms with Crippen LogP contribution in [0.4, 0.5) is 0 Å². The topological polar surface area (TPSA) is 99.1 Å². The third kappa shape index (κ3) is 5.82. The summed E-state index contributed by atoms with van der Waals surface area (Å²) in [7, 11) is -2.10. The normalized spacial score (nSPS) is 11.8. The van der Waals surface area contributed by atoms with Crippen molar-refractivity contribution in [2.45, 2.75) is 18.4 Å². The lowest BCUT2D eigenvalue weighted by atomic mass is 10.1. The Labute approximate surface area is 195 Å². The number of carbonyl (C=O) groups is 1. The van der Waals surface area contributed by atoms with E-state index in [2.05, 4.69) is 26.5 Å². The van der Waals surface area contributed by atoms with E-state index in [0.29, 0.717) is 11.1 Å². The maximum Gasteiger partial charge on any atom is 0.271 e. The van der Waals surface area contributed by atoms with Gasteiger partial charge in [0, 0.05) is 29.2 Å². The Bertz CT molecular complexity index is 1240. The van der Waals surface area contributed by atoms with Gasteiger partial charge in [0.05, 0.1) is 11.1 Å². The number of rotatable bonds is 7. The molecule has 0 heterocycles. The van der Waals surface area contributed by atoms with Gasteiger partial charge in [-0.3, -0.25) is 4.79 Å². The van der Waals surface area contributed by atoms with Crippen LogP contribution in [0.1, 0.15) is 27.0 Å². The fraction of sp³-hybridized carbons (Fsp3) is 0.130. The van der Waals surface area contributed by atoms with Crippen LogP contribution in [0.25, 0.3) is 0 Å². The highest BCUT2D eigenvalue weighted by Crippen LogP contribution is 2.20. The second kappa shape index (κ2) is 10.1. The lowest BCUT2D eigenvalue weighted by Gasteiger charge is -2.17. The number of hydrogen-bond donors (Lipinski definition) is 2. The monoisotopic (exact) mass is 515 g/mol. The summed E-state index contributed by atoms with van der Waals surface area (Å²) in [6.07, 6.45) is 1.34. The number of halogens is 1. The number of amides is 1. The second-order valence-electron chi connectivity index (χ2n) is 7.17. The average Bonchev–Trinajstić information content (AvgIpc) is 2.76. The second-order valence-corrected chi connectivity index (χ2v) is 10.1. The first-order chi connectivity index (χ1) is 15.2. The number of phenols is 1. The zero-order valence-electron chi connectivity index (χ0n) is 17.5. The number of sulfonamides is 1. The molecule has 32 heavy (non-hydrogen) atoms. The smallest absolute Gasteiger partial charge is 0.271 e. The number of nitrogens with one attached hydrogen (secondary N) is 1. The van der Waals surface area contributed by atoms with Crippen LogP contribution in [0, 0.1) is 6.92 Å². The van der Waals surface area contributed by atoms with E-state index in [1.807, 2.05) is 6.92 Å². The van der Waals surface area contributed by atoms with Gasteiger partial charge < -0.3 is 5.11 Å². The molecule has 3 aromatic rings. The van der Waals surface area contributed by atoms with E-state index in [9.17, 15) is 18.3 Å². The van der Waals surface area contributed by atoms with Crippen molar-refractivity contribution in [3.63, 3.8) is 0 Å². The Morgan fingerprint density at radius 2 is 1.75 bits per heavy atom. The average molecular weight is 516 g/mol. The van der Waals surface area contributed by atoms with Crippen molar-refractivity contribution in [3.05, 3.63) is 93.5 Å². The molecule has 0 aromatic heterocycles. The minimum absolute atomic E-state index is 0.0419. The minimum atomic E-state index is -3.61. The van der Waals surface area contributed by atoms with Gasteiger partial charge in [0.15, 0.2) is 0 Å². The van der Waals surface area contributed by atoms with Crippen molar-refractivity contribution in [2.24, 2.45) is 5.10 Å². The van der Waals surface area contributed by atoms with Crippen molar-refractivity contribution in [2.75, 3.05) is 7.05 Å². The van der Waals surface area contributed by atoms with Crippen molar-refractivity contribution in [3.8, 4) is 5.75 Å².